The van der Waals surface area contributed by atoms with Crippen molar-refractivity contribution in [1.82, 2.24) is 0 Å². The Bertz CT molecular complexity index is 612. The lowest BCUT2D eigenvalue weighted by atomic mass is 10.0. The lowest BCUT2D eigenvalue weighted by molar-refractivity contribution is 0.734. The van der Waals surface area contributed by atoms with Crippen molar-refractivity contribution in [2.75, 3.05) is 38.0 Å². The SMILES string of the molecule is Cc1ccc(CCCCc2ccc(C)c(N(C)C)c2)cc1N(C)C. The molecule has 0 spiro atoms. The maximum atomic E-state index is 2.34. The number of nitrogens with zero attached hydrogens (tertiary/aromatic N) is 2. The first-order valence-corrected chi connectivity index (χ1v) is 8.92. The molecule has 24 heavy (non-hydrogen) atoms. The summed E-state index contributed by atoms with van der Waals surface area (Å²) in [5, 5.41) is 0. The molecule has 0 aromatic heterocycles. The first-order chi connectivity index (χ1) is 11.4. The van der Waals surface area contributed by atoms with Gasteiger partial charge in [-0.1, -0.05) is 24.3 Å². The fourth-order valence-corrected chi connectivity index (χ4v) is 3.24. The number of rotatable bonds is 7. The fourth-order valence-electron chi connectivity index (χ4n) is 3.24. The molecule has 0 aliphatic carbocycles. The van der Waals surface area contributed by atoms with Gasteiger partial charge in [-0.25, -0.2) is 0 Å². The molecule has 2 aromatic carbocycles. The van der Waals surface area contributed by atoms with Crippen molar-refractivity contribution in [1.29, 1.82) is 0 Å². The van der Waals surface area contributed by atoms with Crippen LogP contribution in [0.3, 0.4) is 0 Å². The predicted molar refractivity (Wildman–Crippen MR) is 108 cm³/mol. The molecule has 0 aliphatic heterocycles. The minimum absolute atomic E-state index is 1.16. The van der Waals surface area contributed by atoms with Crippen LogP contribution in [0.1, 0.15) is 35.1 Å². The zero-order valence-corrected chi connectivity index (χ0v) is 16.2. The third kappa shape index (κ3) is 4.77. The monoisotopic (exact) mass is 324 g/mol. The van der Waals surface area contributed by atoms with Gasteiger partial charge in [0, 0.05) is 39.6 Å². The second-order valence-corrected chi connectivity index (χ2v) is 7.24. The van der Waals surface area contributed by atoms with Crippen molar-refractivity contribution in [2.45, 2.75) is 39.5 Å². The highest BCUT2D eigenvalue weighted by molar-refractivity contribution is 5.54. The number of unbranched alkanes of at least 4 members (excludes halogenated alkanes) is 1. The van der Waals surface area contributed by atoms with Gasteiger partial charge in [-0.15, -0.1) is 0 Å². The van der Waals surface area contributed by atoms with E-state index in [2.05, 4.69) is 88.2 Å². The van der Waals surface area contributed by atoms with Crippen molar-refractivity contribution in [3.63, 3.8) is 0 Å². The Morgan fingerprint density at radius 3 is 1.33 bits per heavy atom. The molecule has 2 rings (SSSR count). The van der Waals surface area contributed by atoms with Gasteiger partial charge in [-0.2, -0.15) is 0 Å². The van der Waals surface area contributed by atoms with E-state index >= 15 is 0 Å². The van der Waals surface area contributed by atoms with Crippen LogP contribution in [0, 0.1) is 13.8 Å². The smallest absolute Gasteiger partial charge is 0.0393 e. The van der Waals surface area contributed by atoms with Gasteiger partial charge in [-0.3, -0.25) is 0 Å². The molecule has 0 bridgehead atoms. The van der Waals surface area contributed by atoms with Gasteiger partial charge >= 0.3 is 0 Å². The van der Waals surface area contributed by atoms with Crippen LogP contribution in [-0.2, 0) is 12.8 Å². The Balaban J connectivity index is 1.89. The van der Waals surface area contributed by atoms with Crippen molar-refractivity contribution < 1.29 is 0 Å². The highest BCUT2D eigenvalue weighted by Gasteiger charge is 2.04. The van der Waals surface area contributed by atoms with E-state index in [9.17, 15) is 0 Å². The summed E-state index contributed by atoms with van der Waals surface area (Å²) in [4.78, 5) is 4.40. The van der Waals surface area contributed by atoms with Gasteiger partial charge in [0.05, 0.1) is 0 Å². The van der Waals surface area contributed by atoms with Crippen LogP contribution in [0.5, 0.6) is 0 Å². The molecule has 0 heterocycles. The van der Waals surface area contributed by atoms with Crippen LogP contribution in [0.4, 0.5) is 11.4 Å². The third-order valence-corrected chi connectivity index (χ3v) is 4.69. The first-order valence-electron chi connectivity index (χ1n) is 8.92. The standard InChI is InChI=1S/C22H32N2/c1-17-11-13-19(15-21(17)23(3)4)9-7-8-10-20-14-12-18(2)22(16-20)24(5)6/h11-16H,7-10H2,1-6H3. The molecule has 0 aliphatic rings. The molecule has 130 valence electrons. The van der Waals surface area contributed by atoms with E-state index in [4.69, 9.17) is 0 Å². The molecule has 0 saturated carbocycles. The van der Waals surface area contributed by atoms with Gasteiger partial charge < -0.3 is 9.80 Å². The molecular formula is C22H32N2. The fraction of sp³-hybridized carbons (Fsp3) is 0.455. The molecule has 0 saturated heterocycles. The molecule has 0 atom stereocenters. The summed E-state index contributed by atoms with van der Waals surface area (Å²) in [6.07, 6.45) is 4.79. The zero-order valence-electron chi connectivity index (χ0n) is 16.2. The number of aryl methyl sites for hydroxylation is 4. The zero-order chi connectivity index (χ0) is 17.7. The lowest BCUT2D eigenvalue weighted by Gasteiger charge is -2.17. The van der Waals surface area contributed by atoms with E-state index < -0.39 is 0 Å². The second kappa shape index (κ2) is 8.23. The summed E-state index contributed by atoms with van der Waals surface area (Å²) in [7, 11) is 8.47. The molecule has 0 radical (unpaired) electrons. The number of benzene rings is 2. The van der Waals surface area contributed by atoms with Crippen LogP contribution in [-0.4, -0.2) is 28.2 Å². The highest BCUT2D eigenvalue weighted by atomic mass is 15.1. The number of anilines is 2. The number of hydrogen-bond acceptors (Lipinski definition) is 2. The average molecular weight is 325 g/mol. The number of hydrogen-bond donors (Lipinski definition) is 0. The minimum Gasteiger partial charge on any atom is -0.377 e. The van der Waals surface area contributed by atoms with Gasteiger partial charge in [0.1, 0.15) is 0 Å². The van der Waals surface area contributed by atoms with Crippen LogP contribution >= 0.6 is 0 Å². The minimum atomic E-state index is 1.16. The average Bonchev–Trinajstić information content (AvgIpc) is 2.53. The lowest BCUT2D eigenvalue weighted by Crippen LogP contribution is -2.10. The maximum Gasteiger partial charge on any atom is 0.0393 e. The summed E-state index contributed by atoms with van der Waals surface area (Å²) in [5.74, 6) is 0. The Morgan fingerprint density at radius 1 is 0.625 bits per heavy atom. The Kier molecular flexibility index (Phi) is 6.30. The van der Waals surface area contributed by atoms with E-state index in [1.165, 1.54) is 46.5 Å². The third-order valence-electron chi connectivity index (χ3n) is 4.69. The summed E-state index contributed by atoms with van der Waals surface area (Å²) < 4.78 is 0. The Morgan fingerprint density at radius 2 is 1.00 bits per heavy atom. The molecule has 2 nitrogen and oxygen atoms in total. The summed E-state index contributed by atoms with van der Waals surface area (Å²) >= 11 is 0. The maximum absolute atomic E-state index is 2.34. The van der Waals surface area contributed by atoms with Gasteiger partial charge in [0.2, 0.25) is 0 Å². The van der Waals surface area contributed by atoms with Crippen LogP contribution in [0.25, 0.3) is 0 Å². The molecule has 2 aromatic rings. The largest absolute Gasteiger partial charge is 0.377 e. The quantitative estimate of drug-likeness (QED) is 0.661. The Labute approximate surface area is 148 Å². The molecule has 0 amide bonds. The summed E-state index contributed by atoms with van der Waals surface area (Å²) in [6.45, 7) is 4.36. The molecule has 0 unspecified atom stereocenters. The topological polar surface area (TPSA) is 6.48 Å². The van der Waals surface area contributed by atoms with E-state index in [1.54, 1.807) is 0 Å². The van der Waals surface area contributed by atoms with Gasteiger partial charge in [0.15, 0.2) is 0 Å². The van der Waals surface area contributed by atoms with E-state index in [1.807, 2.05) is 0 Å². The van der Waals surface area contributed by atoms with Crippen molar-refractivity contribution in [3.05, 3.63) is 58.7 Å². The van der Waals surface area contributed by atoms with Crippen LogP contribution < -0.4 is 9.80 Å². The molecule has 0 N–H and O–H groups in total. The summed E-state index contributed by atoms with van der Waals surface area (Å²) in [5.41, 5.74) is 8.26. The molecule has 2 heteroatoms. The van der Waals surface area contributed by atoms with E-state index in [0.717, 1.165) is 12.8 Å². The molecule has 0 fully saturated rings. The van der Waals surface area contributed by atoms with E-state index in [-0.39, 0.29) is 0 Å². The van der Waals surface area contributed by atoms with Crippen molar-refractivity contribution in [3.8, 4) is 0 Å². The second-order valence-electron chi connectivity index (χ2n) is 7.24. The van der Waals surface area contributed by atoms with Gasteiger partial charge in [-0.05, 0) is 73.9 Å². The Hall–Kier alpha value is -1.96. The normalized spacial score (nSPS) is 10.8. The van der Waals surface area contributed by atoms with Crippen molar-refractivity contribution >= 4 is 11.4 Å². The van der Waals surface area contributed by atoms with Crippen LogP contribution in [0.15, 0.2) is 36.4 Å². The van der Waals surface area contributed by atoms with Crippen LogP contribution in [0.2, 0.25) is 0 Å². The first kappa shape index (κ1) is 18.4. The van der Waals surface area contributed by atoms with Gasteiger partial charge in [0.25, 0.3) is 0 Å². The predicted octanol–water partition coefficient (Wildman–Crippen LogP) is 5.00. The molecular weight excluding hydrogens is 292 g/mol. The summed E-state index contributed by atoms with van der Waals surface area (Å²) in [6, 6.07) is 13.7. The highest BCUT2D eigenvalue weighted by Crippen LogP contribution is 2.22. The van der Waals surface area contributed by atoms with E-state index in [0.29, 0.717) is 0 Å². The van der Waals surface area contributed by atoms with Crippen molar-refractivity contribution in [2.24, 2.45) is 0 Å².